The maximum atomic E-state index is 5.39. The van der Waals surface area contributed by atoms with E-state index in [0.717, 1.165) is 37.8 Å². The number of rotatable bonds is 8. The number of aliphatic imine (C=N–C) groups is 1. The first kappa shape index (κ1) is 27.2. The summed E-state index contributed by atoms with van der Waals surface area (Å²) in [6.07, 6.45) is 1.24. The highest BCUT2D eigenvalue weighted by molar-refractivity contribution is 14.0. The largest absolute Gasteiger partial charge is 0.493 e. The summed E-state index contributed by atoms with van der Waals surface area (Å²) < 4.78 is 10.7. The highest BCUT2D eigenvalue weighted by Gasteiger charge is 2.12. The molecule has 8 heteroatoms. The van der Waals surface area contributed by atoms with Crippen LogP contribution in [0.1, 0.15) is 24.5 Å². The van der Waals surface area contributed by atoms with Gasteiger partial charge in [0, 0.05) is 37.9 Å². The van der Waals surface area contributed by atoms with Gasteiger partial charge >= 0.3 is 0 Å². The van der Waals surface area contributed by atoms with E-state index in [4.69, 9.17) is 14.5 Å². The number of hydrogen-bond acceptors (Lipinski definition) is 5. The number of guanidine groups is 1. The lowest BCUT2D eigenvalue weighted by atomic mass is 10.1. The molecule has 0 saturated carbocycles. The maximum Gasteiger partial charge on any atom is 0.196 e. The Morgan fingerprint density at radius 3 is 2.36 bits per heavy atom. The third-order valence-electron chi connectivity index (χ3n) is 5.65. The molecule has 3 rings (SSSR count). The number of ether oxygens (including phenoxy) is 2. The summed E-state index contributed by atoms with van der Waals surface area (Å²) in [4.78, 5) is 9.71. The van der Waals surface area contributed by atoms with Crippen LogP contribution >= 0.6 is 24.0 Å². The normalized spacial score (nSPS) is 15.3. The number of nitrogens with zero attached hydrogens (tertiary/aromatic N) is 3. The summed E-state index contributed by atoms with van der Waals surface area (Å²) in [6, 6.07) is 14.6. The molecule has 7 nitrogen and oxygen atoms in total. The number of nitrogens with one attached hydrogen (secondary N) is 2. The van der Waals surface area contributed by atoms with E-state index in [0.29, 0.717) is 18.0 Å². The molecule has 0 aromatic heterocycles. The van der Waals surface area contributed by atoms with Gasteiger partial charge in [-0.15, -0.1) is 24.0 Å². The maximum absolute atomic E-state index is 5.39. The molecule has 1 saturated heterocycles. The minimum Gasteiger partial charge on any atom is -0.493 e. The Hall–Kier alpha value is -2.04. The van der Waals surface area contributed by atoms with Crippen molar-refractivity contribution in [2.75, 3.05) is 59.3 Å². The lowest BCUT2D eigenvalue weighted by molar-refractivity contribution is 0.269. The molecule has 0 spiro atoms. The van der Waals surface area contributed by atoms with E-state index in [-0.39, 0.29) is 24.0 Å². The number of benzene rings is 2. The van der Waals surface area contributed by atoms with Crippen molar-refractivity contribution in [3.8, 4) is 11.5 Å². The van der Waals surface area contributed by atoms with Gasteiger partial charge in [-0.3, -0.25) is 4.90 Å². The fourth-order valence-corrected chi connectivity index (χ4v) is 3.79. The molecule has 1 fully saturated rings. The van der Waals surface area contributed by atoms with Crippen LogP contribution in [0.15, 0.2) is 47.5 Å². The van der Waals surface area contributed by atoms with Gasteiger partial charge in [-0.2, -0.15) is 0 Å². The van der Waals surface area contributed by atoms with Crippen molar-refractivity contribution in [2.24, 2.45) is 4.99 Å². The quantitative estimate of drug-likeness (QED) is 0.286. The standard InChI is InChI=1S/C25H37N5O2.HI/c1-5-26-25(28-22-11-12-23(31-3)24(17-22)32-4)27-18-20-7-9-21(10-8-20)19-30-14-6-13-29(2)15-16-30;/h7-12,17H,5-6,13-16,18-19H2,1-4H3,(H2,26,27,28);1H. The molecule has 2 aromatic rings. The second-order valence-electron chi connectivity index (χ2n) is 8.14. The third-order valence-corrected chi connectivity index (χ3v) is 5.65. The van der Waals surface area contributed by atoms with Crippen molar-refractivity contribution in [3.05, 3.63) is 53.6 Å². The van der Waals surface area contributed by atoms with Crippen LogP contribution in [0, 0.1) is 0 Å². The van der Waals surface area contributed by atoms with Gasteiger partial charge in [0.2, 0.25) is 0 Å². The Kier molecular flexibility index (Phi) is 11.8. The molecule has 182 valence electrons. The summed E-state index contributed by atoms with van der Waals surface area (Å²) in [7, 11) is 5.48. The van der Waals surface area contributed by atoms with Crippen molar-refractivity contribution < 1.29 is 9.47 Å². The highest BCUT2D eigenvalue weighted by Crippen LogP contribution is 2.29. The van der Waals surface area contributed by atoms with E-state index >= 15 is 0 Å². The lowest BCUT2D eigenvalue weighted by Gasteiger charge is -2.20. The van der Waals surface area contributed by atoms with Crippen molar-refractivity contribution >= 4 is 35.6 Å². The average molecular weight is 568 g/mol. The first-order chi connectivity index (χ1) is 15.6. The van der Waals surface area contributed by atoms with Gasteiger partial charge in [0.1, 0.15) is 0 Å². The van der Waals surface area contributed by atoms with Crippen LogP contribution in [0.5, 0.6) is 11.5 Å². The van der Waals surface area contributed by atoms with E-state index in [1.54, 1.807) is 14.2 Å². The second kappa shape index (κ2) is 14.3. The zero-order valence-electron chi connectivity index (χ0n) is 20.3. The van der Waals surface area contributed by atoms with Gasteiger partial charge in [-0.1, -0.05) is 24.3 Å². The predicted octanol–water partition coefficient (Wildman–Crippen LogP) is 4.04. The lowest BCUT2D eigenvalue weighted by Crippen LogP contribution is -2.30. The molecule has 2 N–H and O–H groups in total. The van der Waals surface area contributed by atoms with Gasteiger partial charge in [-0.25, -0.2) is 4.99 Å². The van der Waals surface area contributed by atoms with Gasteiger partial charge < -0.3 is 25.0 Å². The van der Waals surface area contributed by atoms with Crippen LogP contribution in [0.2, 0.25) is 0 Å². The number of halogens is 1. The topological polar surface area (TPSA) is 61.4 Å². The molecule has 1 aliphatic rings. The van der Waals surface area contributed by atoms with Crippen LogP contribution in [0.3, 0.4) is 0 Å². The van der Waals surface area contributed by atoms with E-state index in [9.17, 15) is 0 Å². The highest BCUT2D eigenvalue weighted by atomic mass is 127. The Morgan fingerprint density at radius 2 is 1.67 bits per heavy atom. The first-order valence-electron chi connectivity index (χ1n) is 11.4. The zero-order valence-corrected chi connectivity index (χ0v) is 22.6. The zero-order chi connectivity index (χ0) is 22.8. The minimum absolute atomic E-state index is 0. The Labute approximate surface area is 215 Å². The molecule has 0 atom stereocenters. The molecule has 0 bridgehead atoms. The van der Waals surface area contributed by atoms with Crippen LogP contribution in [0.25, 0.3) is 0 Å². The Balaban J connectivity index is 0.00000385. The molecule has 0 radical (unpaired) electrons. The van der Waals surface area contributed by atoms with Crippen LogP contribution < -0.4 is 20.1 Å². The molecule has 0 aliphatic carbocycles. The average Bonchev–Trinajstić information content (AvgIpc) is 3.02. The molecule has 0 amide bonds. The molecule has 1 heterocycles. The van der Waals surface area contributed by atoms with Gasteiger partial charge in [-0.05, 0) is 56.7 Å². The van der Waals surface area contributed by atoms with E-state index in [1.165, 1.54) is 30.6 Å². The molecular formula is C25H38IN5O2. The van der Waals surface area contributed by atoms with Gasteiger partial charge in [0.05, 0.1) is 20.8 Å². The van der Waals surface area contributed by atoms with Gasteiger partial charge in [0.15, 0.2) is 17.5 Å². The Morgan fingerprint density at radius 1 is 0.939 bits per heavy atom. The summed E-state index contributed by atoms with van der Waals surface area (Å²) in [6.45, 7) is 9.11. The van der Waals surface area contributed by atoms with Gasteiger partial charge in [0.25, 0.3) is 0 Å². The van der Waals surface area contributed by atoms with Crippen molar-refractivity contribution in [1.82, 2.24) is 15.1 Å². The first-order valence-corrected chi connectivity index (χ1v) is 11.4. The smallest absolute Gasteiger partial charge is 0.196 e. The van der Waals surface area contributed by atoms with Crippen molar-refractivity contribution in [2.45, 2.75) is 26.4 Å². The fraction of sp³-hybridized carbons (Fsp3) is 0.480. The predicted molar refractivity (Wildman–Crippen MR) is 147 cm³/mol. The van der Waals surface area contributed by atoms with Crippen LogP contribution in [0.4, 0.5) is 5.69 Å². The summed E-state index contributed by atoms with van der Waals surface area (Å²) in [5.74, 6) is 2.12. The molecule has 33 heavy (non-hydrogen) atoms. The molecular weight excluding hydrogens is 529 g/mol. The third kappa shape index (κ3) is 8.68. The number of likely N-dealkylation sites (N-methyl/N-ethyl adjacent to an activating group) is 1. The second-order valence-corrected chi connectivity index (χ2v) is 8.14. The van der Waals surface area contributed by atoms with Crippen LogP contribution in [-0.2, 0) is 13.1 Å². The van der Waals surface area contributed by atoms with Crippen LogP contribution in [-0.4, -0.2) is 69.8 Å². The van der Waals surface area contributed by atoms with Crippen molar-refractivity contribution in [3.63, 3.8) is 0 Å². The minimum atomic E-state index is 0. The molecule has 1 aliphatic heterocycles. The number of anilines is 1. The fourth-order valence-electron chi connectivity index (χ4n) is 3.79. The molecule has 2 aromatic carbocycles. The molecule has 0 unspecified atom stereocenters. The van der Waals surface area contributed by atoms with E-state index < -0.39 is 0 Å². The summed E-state index contributed by atoms with van der Waals surface area (Å²) in [5, 5.41) is 6.64. The SMILES string of the molecule is CCNC(=NCc1ccc(CN2CCCN(C)CC2)cc1)Nc1ccc(OC)c(OC)c1.I. The van der Waals surface area contributed by atoms with E-state index in [2.05, 4.69) is 58.7 Å². The summed E-state index contributed by atoms with van der Waals surface area (Å²) in [5.41, 5.74) is 3.44. The number of methoxy groups -OCH3 is 2. The Bertz CT molecular complexity index is 876. The van der Waals surface area contributed by atoms with Crippen molar-refractivity contribution in [1.29, 1.82) is 0 Å². The number of hydrogen-bond donors (Lipinski definition) is 2. The summed E-state index contributed by atoms with van der Waals surface area (Å²) >= 11 is 0. The monoisotopic (exact) mass is 567 g/mol. The van der Waals surface area contributed by atoms with E-state index in [1.807, 2.05) is 18.2 Å².